The van der Waals surface area contributed by atoms with E-state index in [0.717, 1.165) is 40.8 Å². The minimum atomic E-state index is -0.0439. The molecule has 3 N–H and O–H groups in total. The summed E-state index contributed by atoms with van der Waals surface area (Å²) < 4.78 is 4.23. The number of aromatic nitrogens is 2. The molecule has 0 spiro atoms. The summed E-state index contributed by atoms with van der Waals surface area (Å²) in [6.07, 6.45) is 1.80. The van der Waals surface area contributed by atoms with E-state index in [1.807, 2.05) is 30.3 Å². The number of hydrogen-bond donors (Lipinski definition) is 3. The minimum absolute atomic E-state index is 0.0439. The summed E-state index contributed by atoms with van der Waals surface area (Å²) in [6, 6.07) is 31.2. The van der Waals surface area contributed by atoms with E-state index in [9.17, 15) is 10.2 Å². The lowest BCUT2D eigenvalue weighted by Crippen LogP contribution is -2.29. The summed E-state index contributed by atoms with van der Waals surface area (Å²) in [7, 11) is 0. The van der Waals surface area contributed by atoms with Crippen molar-refractivity contribution in [3.8, 4) is 0 Å². The molecule has 0 bridgehead atoms. The normalized spacial score (nSPS) is 13.2. The number of benzene rings is 4. The molecule has 0 fully saturated rings. The van der Waals surface area contributed by atoms with Gasteiger partial charge in [-0.05, 0) is 61.6 Å². The molecule has 0 aliphatic carbocycles. The van der Waals surface area contributed by atoms with Gasteiger partial charge >= 0.3 is 0 Å². The van der Waals surface area contributed by atoms with Gasteiger partial charge in [-0.25, -0.2) is 5.43 Å². The van der Waals surface area contributed by atoms with Gasteiger partial charge in [0.25, 0.3) is 0 Å². The molecule has 4 aromatic carbocycles. The van der Waals surface area contributed by atoms with Crippen molar-refractivity contribution in [2.75, 3.05) is 5.43 Å². The Bertz CT molecular complexity index is 1730. The molecule has 0 radical (unpaired) electrons. The summed E-state index contributed by atoms with van der Waals surface area (Å²) in [5.74, 6) is 0.126. The van der Waals surface area contributed by atoms with Gasteiger partial charge in [0.15, 0.2) is 5.78 Å². The molecule has 5 aromatic rings. The van der Waals surface area contributed by atoms with Crippen molar-refractivity contribution in [1.82, 2.24) is 14.6 Å². The number of rotatable bonds is 9. The molecule has 202 valence electrons. The number of nitrogens with one attached hydrogen (secondary N) is 3. The predicted molar refractivity (Wildman–Crippen MR) is 160 cm³/mol. The Hall–Kier alpha value is -4.42. The molecule has 0 amide bonds. The Labute approximate surface area is 234 Å². The maximum Gasteiger partial charge on any atom is 0.203 e. The zero-order chi connectivity index (χ0) is 27.6. The maximum absolute atomic E-state index is 13.4. The Morgan fingerprint density at radius 2 is 1.55 bits per heavy atom. The minimum Gasteiger partial charge on any atom is -0.321 e. The van der Waals surface area contributed by atoms with Gasteiger partial charge in [0.1, 0.15) is 0 Å². The molecule has 2 heterocycles. The van der Waals surface area contributed by atoms with Crippen molar-refractivity contribution in [2.24, 2.45) is 0 Å². The van der Waals surface area contributed by atoms with E-state index in [1.54, 1.807) is 0 Å². The van der Waals surface area contributed by atoms with E-state index in [1.165, 1.54) is 22.3 Å². The van der Waals surface area contributed by atoms with Gasteiger partial charge in [-0.1, -0.05) is 83.9 Å². The van der Waals surface area contributed by atoms with E-state index in [2.05, 4.69) is 94.5 Å². The molecule has 0 saturated heterocycles. The number of Topliss-reactive ketones (excluding diaryl/α,β-unsaturated/α-hetero) is 1. The third-order valence-corrected chi connectivity index (χ3v) is 7.97. The maximum atomic E-state index is 13.4. The number of carbonyl (C=O) groups excluding carboxylic acids is 1. The van der Waals surface area contributed by atoms with Crippen molar-refractivity contribution in [1.29, 1.82) is 5.41 Å². The second-order valence-corrected chi connectivity index (χ2v) is 10.9. The fourth-order valence-corrected chi connectivity index (χ4v) is 5.68. The molecule has 6 heteroatoms. The zero-order valence-electron chi connectivity index (χ0n) is 23.1. The quantitative estimate of drug-likeness (QED) is 0.192. The van der Waals surface area contributed by atoms with Gasteiger partial charge < -0.3 is 14.6 Å². The number of imidazole rings is 1. The Morgan fingerprint density at radius 1 is 0.875 bits per heavy atom. The molecule has 6 rings (SSSR count). The number of nitrogens with zero attached hydrogens (tertiary/aromatic N) is 2. The molecule has 1 unspecified atom stereocenters. The highest BCUT2D eigenvalue weighted by Gasteiger charge is 2.22. The first-order valence-corrected chi connectivity index (χ1v) is 14.0. The van der Waals surface area contributed by atoms with Crippen LogP contribution in [0.25, 0.3) is 11.0 Å². The second-order valence-electron chi connectivity index (χ2n) is 10.9. The number of carbonyl (C=O) groups is 1. The van der Waals surface area contributed by atoms with Gasteiger partial charge in [0.2, 0.25) is 5.62 Å². The first kappa shape index (κ1) is 25.8. The average molecular weight is 530 g/mol. The third-order valence-electron chi connectivity index (χ3n) is 7.97. The number of fused-ring (bicyclic) bond motifs is 2. The Balaban J connectivity index is 1.35. The lowest BCUT2D eigenvalue weighted by atomic mass is 9.97. The molecule has 40 heavy (non-hydrogen) atoms. The molecule has 1 aliphatic heterocycles. The van der Waals surface area contributed by atoms with Crippen LogP contribution in [-0.2, 0) is 19.5 Å². The molecule has 6 nitrogen and oxygen atoms in total. The highest BCUT2D eigenvalue weighted by Crippen LogP contribution is 2.27. The number of hydrazine groups is 1. The van der Waals surface area contributed by atoms with Gasteiger partial charge in [-0.15, -0.1) is 0 Å². The van der Waals surface area contributed by atoms with E-state index in [4.69, 9.17) is 0 Å². The summed E-state index contributed by atoms with van der Waals surface area (Å²) >= 11 is 0. The molecular weight excluding hydrogens is 494 g/mol. The molecule has 1 aliphatic rings. The Kier molecular flexibility index (Phi) is 7.10. The van der Waals surface area contributed by atoms with Crippen LogP contribution < -0.4 is 16.5 Å². The number of aryl methyl sites for hydroxylation is 2. The highest BCUT2D eigenvalue weighted by atomic mass is 16.1. The van der Waals surface area contributed by atoms with Gasteiger partial charge in [-0.3, -0.25) is 10.2 Å². The molecule has 1 atom stereocenters. The van der Waals surface area contributed by atoms with Crippen LogP contribution in [0.15, 0.2) is 91.0 Å². The largest absolute Gasteiger partial charge is 0.321 e. The van der Waals surface area contributed by atoms with E-state index >= 15 is 0 Å². The lowest BCUT2D eigenvalue weighted by Gasteiger charge is -2.20. The van der Waals surface area contributed by atoms with Gasteiger partial charge in [0.05, 0.1) is 23.3 Å². The van der Waals surface area contributed by atoms with Crippen molar-refractivity contribution >= 4 is 22.5 Å². The van der Waals surface area contributed by atoms with Crippen LogP contribution in [-0.4, -0.2) is 14.9 Å². The van der Waals surface area contributed by atoms with E-state index in [-0.39, 0.29) is 11.8 Å². The van der Waals surface area contributed by atoms with Crippen LogP contribution in [0.5, 0.6) is 0 Å². The van der Waals surface area contributed by atoms with Gasteiger partial charge in [0, 0.05) is 24.6 Å². The van der Waals surface area contributed by atoms with Crippen molar-refractivity contribution in [3.63, 3.8) is 0 Å². The number of hydrogen-bond acceptors (Lipinski definition) is 4. The fraction of sp³-hybridized carbons (Fsp3) is 0.235. The van der Waals surface area contributed by atoms with E-state index < -0.39 is 0 Å². The fourth-order valence-electron chi connectivity index (χ4n) is 5.68. The monoisotopic (exact) mass is 529 g/mol. The predicted octanol–water partition coefficient (Wildman–Crippen LogP) is 6.46. The average Bonchev–Trinajstić information content (AvgIpc) is 3.55. The summed E-state index contributed by atoms with van der Waals surface area (Å²) in [5.41, 5.74) is 16.5. The second kappa shape index (κ2) is 11.0. The van der Waals surface area contributed by atoms with Crippen LogP contribution in [0, 0.1) is 19.3 Å². The zero-order valence-corrected chi connectivity index (χ0v) is 23.1. The molecule has 0 saturated carbocycles. The molecular formula is C34H35N5O. The Morgan fingerprint density at radius 3 is 2.27 bits per heavy atom. The topological polar surface area (TPSA) is 74.8 Å². The first-order chi connectivity index (χ1) is 19.5. The van der Waals surface area contributed by atoms with Crippen molar-refractivity contribution in [3.05, 3.63) is 130 Å². The highest BCUT2D eigenvalue weighted by molar-refractivity contribution is 5.97. The lowest BCUT2D eigenvalue weighted by molar-refractivity contribution is 0.0974. The van der Waals surface area contributed by atoms with Gasteiger partial charge in [-0.2, -0.15) is 0 Å². The number of ketones is 1. The molecule has 1 aromatic heterocycles. The van der Waals surface area contributed by atoms with Crippen LogP contribution >= 0.6 is 0 Å². The van der Waals surface area contributed by atoms with Crippen LogP contribution in [0.3, 0.4) is 0 Å². The van der Waals surface area contributed by atoms with E-state index in [0.29, 0.717) is 25.0 Å². The van der Waals surface area contributed by atoms with Crippen LogP contribution in [0.4, 0.5) is 5.69 Å². The smallest absolute Gasteiger partial charge is 0.203 e. The van der Waals surface area contributed by atoms with Crippen LogP contribution in [0.2, 0.25) is 0 Å². The van der Waals surface area contributed by atoms with Crippen LogP contribution in [0.1, 0.15) is 57.1 Å². The summed E-state index contributed by atoms with van der Waals surface area (Å²) in [6.45, 7) is 5.57. The summed E-state index contributed by atoms with van der Waals surface area (Å²) in [4.78, 5) is 13.4. The SMILES string of the molecule is Cc1ccc(CC(CCC(=O)c2ccc3c(c2)NNC3)n2c(=N)n(Cc3ccc(C)cc3)c3ccccc32)cc1. The number of para-hydroxylation sites is 2. The van der Waals surface area contributed by atoms with Crippen molar-refractivity contribution in [2.45, 2.75) is 52.2 Å². The van der Waals surface area contributed by atoms with Crippen molar-refractivity contribution < 1.29 is 4.79 Å². The standard InChI is InChI=1S/C34H35N5O/c1-23-7-11-25(12-8-23)19-29(17-18-33(40)27-15-16-28-21-36-37-30(28)20-27)39-32-6-4-3-5-31(32)38(34(39)35)22-26-13-9-24(2)10-14-26/h3-16,20,29,35-37H,17-19,21-22H2,1-2H3. The summed E-state index contributed by atoms with van der Waals surface area (Å²) in [5, 5.41) is 9.36. The third kappa shape index (κ3) is 5.23. The number of anilines is 1. The first-order valence-electron chi connectivity index (χ1n) is 14.0.